The van der Waals surface area contributed by atoms with Crippen molar-refractivity contribution < 1.29 is 4.74 Å². The normalized spacial score (nSPS) is 12.1. The SMILES string of the molecule is NC(Oc1ccccc1Cl)c1cc[c]cc1. The molecule has 2 rings (SSSR count). The van der Waals surface area contributed by atoms with Crippen LogP contribution in [0.3, 0.4) is 0 Å². The molecule has 0 bridgehead atoms. The summed E-state index contributed by atoms with van der Waals surface area (Å²) in [6, 6.07) is 17.5. The summed E-state index contributed by atoms with van der Waals surface area (Å²) in [5.41, 5.74) is 6.79. The van der Waals surface area contributed by atoms with Crippen LogP contribution in [0.15, 0.2) is 48.5 Å². The third-order valence-electron chi connectivity index (χ3n) is 2.16. The van der Waals surface area contributed by atoms with Crippen molar-refractivity contribution in [3.63, 3.8) is 0 Å². The molecule has 0 spiro atoms. The van der Waals surface area contributed by atoms with Crippen molar-refractivity contribution >= 4 is 11.6 Å². The average Bonchev–Trinajstić information content (AvgIpc) is 2.33. The molecule has 1 radical (unpaired) electrons. The van der Waals surface area contributed by atoms with Gasteiger partial charge in [-0.15, -0.1) is 0 Å². The quantitative estimate of drug-likeness (QED) is 0.825. The van der Waals surface area contributed by atoms with Gasteiger partial charge in [0.25, 0.3) is 0 Å². The Labute approximate surface area is 99.6 Å². The number of benzene rings is 2. The Morgan fingerprint density at radius 2 is 1.81 bits per heavy atom. The highest BCUT2D eigenvalue weighted by Crippen LogP contribution is 2.26. The van der Waals surface area contributed by atoms with Crippen LogP contribution in [0.4, 0.5) is 0 Å². The first-order valence-corrected chi connectivity index (χ1v) is 5.28. The fraction of sp³-hybridized carbons (Fsp3) is 0.0769. The standard InChI is InChI=1S/C13H11ClNO/c14-11-8-4-5-9-12(11)16-13(15)10-6-2-1-3-7-10/h2-9,13H,15H2. The topological polar surface area (TPSA) is 35.2 Å². The zero-order chi connectivity index (χ0) is 11.4. The molecule has 81 valence electrons. The second-order valence-electron chi connectivity index (χ2n) is 3.30. The van der Waals surface area contributed by atoms with Crippen molar-refractivity contribution in [2.75, 3.05) is 0 Å². The summed E-state index contributed by atoms with van der Waals surface area (Å²) in [6.45, 7) is 0. The zero-order valence-corrected chi connectivity index (χ0v) is 9.32. The lowest BCUT2D eigenvalue weighted by Crippen LogP contribution is -2.17. The number of para-hydroxylation sites is 1. The Kier molecular flexibility index (Phi) is 3.44. The third kappa shape index (κ3) is 2.54. The fourth-order valence-corrected chi connectivity index (χ4v) is 1.51. The fourth-order valence-electron chi connectivity index (χ4n) is 1.33. The van der Waals surface area contributed by atoms with Crippen molar-refractivity contribution in [2.45, 2.75) is 6.23 Å². The molecule has 0 saturated heterocycles. The number of ether oxygens (including phenoxy) is 1. The smallest absolute Gasteiger partial charge is 0.174 e. The maximum absolute atomic E-state index is 5.97. The molecule has 1 unspecified atom stereocenters. The molecule has 0 heterocycles. The first-order valence-electron chi connectivity index (χ1n) is 4.90. The number of rotatable bonds is 3. The van der Waals surface area contributed by atoms with Crippen molar-refractivity contribution in [1.82, 2.24) is 0 Å². The largest absolute Gasteiger partial charge is 0.470 e. The molecule has 0 aliphatic carbocycles. The summed E-state index contributed by atoms with van der Waals surface area (Å²) in [5.74, 6) is 0.587. The molecule has 1 atom stereocenters. The molecule has 16 heavy (non-hydrogen) atoms. The van der Waals surface area contributed by atoms with Gasteiger partial charge in [-0.1, -0.05) is 48.0 Å². The molecule has 2 nitrogen and oxygen atoms in total. The van der Waals surface area contributed by atoms with Crippen LogP contribution in [0.2, 0.25) is 5.02 Å². The van der Waals surface area contributed by atoms with E-state index in [0.29, 0.717) is 10.8 Å². The van der Waals surface area contributed by atoms with Crippen LogP contribution < -0.4 is 10.5 Å². The van der Waals surface area contributed by atoms with Gasteiger partial charge in [0.2, 0.25) is 0 Å². The van der Waals surface area contributed by atoms with E-state index in [1.165, 1.54) is 0 Å². The first-order chi connectivity index (χ1) is 7.77. The summed E-state index contributed by atoms with van der Waals surface area (Å²) in [5, 5.41) is 0.556. The van der Waals surface area contributed by atoms with Crippen molar-refractivity contribution in [1.29, 1.82) is 0 Å². The molecule has 0 aromatic heterocycles. The van der Waals surface area contributed by atoms with Crippen LogP contribution in [0.5, 0.6) is 5.75 Å². The lowest BCUT2D eigenvalue weighted by molar-refractivity contribution is 0.214. The summed E-state index contributed by atoms with van der Waals surface area (Å²) in [6.07, 6.45) is -0.519. The van der Waals surface area contributed by atoms with Gasteiger partial charge < -0.3 is 4.74 Å². The van der Waals surface area contributed by atoms with Crippen LogP contribution in [-0.4, -0.2) is 0 Å². The number of halogens is 1. The molecule has 0 saturated carbocycles. The van der Waals surface area contributed by atoms with Crippen LogP contribution >= 0.6 is 11.6 Å². The average molecular weight is 233 g/mol. The van der Waals surface area contributed by atoms with Crippen molar-refractivity contribution in [2.24, 2.45) is 5.73 Å². The van der Waals surface area contributed by atoms with Gasteiger partial charge in [-0.25, -0.2) is 0 Å². The van der Waals surface area contributed by atoms with Crippen molar-refractivity contribution in [3.05, 3.63) is 65.2 Å². The lowest BCUT2D eigenvalue weighted by atomic mass is 10.2. The Morgan fingerprint density at radius 3 is 2.50 bits per heavy atom. The predicted molar refractivity (Wildman–Crippen MR) is 64.3 cm³/mol. The highest BCUT2D eigenvalue weighted by molar-refractivity contribution is 6.32. The van der Waals surface area contributed by atoms with Gasteiger partial charge in [0.1, 0.15) is 5.75 Å². The third-order valence-corrected chi connectivity index (χ3v) is 2.48. The van der Waals surface area contributed by atoms with Gasteiger partial charge in [-0.2, -0.15) is 0 Å². The Hall–Kier alpha value is -1.51. The van der Waals surface area contributed by atoms with E-state index in [0.717, 1.165) is 5.56 Å². The first kappa shape index (κ1) is 11.0. The van der Waals surface area contributed by atoms with Crippen LogP contribution in [-0.2, 0) is 0 Å². The molecule has 0 aliphatic rings. The Morgan fingerprint density at radius 1 is 1.12 bits per heavy atom. The van der Waals surface area contributed by atoms with Gasteiger partial charge in [0.05, 0.1) is 5.02 Å². The molecule has 2 aromatic carbocycles. The summed E-state index contributed by atoms with van der Waals surface area (Å²) >= 11 is 5.97. The van der Waals surface area contributed by atoms with E-state index < -0.39 is 6.23 Å². The number of hydrogen-bond acceptors (Lipinski definition) is 2. The number of hydrogen-bond donors (Lipinski definition) is 1. The number of nitrogens with two attached hydrogens (primary N) is 1. The van der Waals surface area contributed by atoms with E-state index in [2.05, 4.69) is 6.07 Å². The maximum atomic E-state index is 5.97. The van der Waals surface area contributed by atoms with Crippen LogP contribution in [0.1, 0.15) is 11.8 Å². The second-order valence-corrected chi connectivity index (χ2v) is 3.71. The Bertz CT molecular complexity index is 458. The van der Waals surface area contributed by atoms with E-state index in [9.17, 15) is 0 Å². The minimum absolute atomic E-state index is 0.519. The molecular weight excluding hydrogens is 222 g/mol. The summed E-state index contributed by atoms with van der Waals surface area (Å²) in [4.78, 5) is 0. The Balaban J connectivity index is 2.14. The van der Waals surface area contributed by atoms with Gasteiger partial charge >= 0.3 is 0 Å². The van der Waals surface area contributed by atoms with Crippen LogP contribution in [0.25, 0.3) is 0 Å². The van der Waals surface area contributed by atoms with E-state index in [1.54, 1.807) is 24.3 Å². The maximum Gasteiger partial charge on any atom is 0.174 e. The summed E-state index contributed by atoms with van der Waals surface area (Å²) < 4.78 is 5.56. The lowest BCUT2D eigenvalue weighted by Gasteiger charge is -2.15. The van der Waals surface area contributed by atoms with Gasteiger partial charge in [0, 0.05) is 5.56 Å². The minimum Gasteiger partial charge on any atom is -0.470 e. The highest BCUT2D eigenvalue weighted by Gasteiger charge is 2.08. The summed E-state index contributed by atoms with van der Waals surface area (Å²) in [7, 11) is 0. The molecule has 0 fully saturated rings. The van der Waals surface area contributed by atoms with E-state index in [4.69, 9.17) is 22.1 Å². The second kappa shape index (κ2) is 5.01. The van der Waals surface area contributed by atoms with E-state index >= 15 is 0 Å². The van der Waals surface area contributed by atoms with Crippen LogP contribution in [0, 0.1) is 6.07 Å². The predicted octanol–water partition coefficient (Wildman–Crippen LogP) is 3.18. The highest BCUT2D eigenvalue weighted by atomic mass is 35.5. The molecule has 2 N–H and O–H groups in total. The van der Waals surface area contributed by atoms with E-state index in [-0.39, 0.29) is 0 Å². The minimum atomic E-state index is -0.519. The van der Waals surface area contributed by atoms with E-state index in [1.807, 2.05) is 24.3 Å². The molecule has 2 aromatic rings. The van der Waals surface area contributed by atoms with Gasteiger partial charge in [-0.05, 0) is 18.2 Å². The zero-order valence-electron chi connectivity index (χ0n) is 8.56. The van der Waals surface area contributed by atoms with Gasteiger partial charge in [0.15, 0.2) is 6.23 Å². The van der Waals surface area contributed by atoms with Crippen molar-refractivity contribution in [3.8, 4) is 5.75 Å². The molecule has 3 heteroatoms. The molecule has 0 aliphatic heterocycles. The van der Waals surface area contributed by atoms with Gasteiger partial charge in [-0.3, -0.25) is 5.73 Å². The monoisotopic (exact) mass is 232 g/mol. The molecule has 0 amide bonds. The molecular formula is C13H11ClNO.